The Labute approximate surface area is 169 Å². The number of benzene rings is 3. The fourth-order valence-corrected chi connectivity index (χ4v) is 3.20. The van der Waals surface area contributed by atoms with Crippen LogP contribution in [-0.2, 0) is 11.2 Å². The maximum atomic E-state index is 12.4. The molecule has 1 amide bonds. The van der Waals surface area contributed by atoms with Crippen molar-refractivity contribution in [3.05, 3.63) is 100 Å². The van der Waals surface area contributed by atoms with Crippen molar-refractivity contribution >= 4 is 34.8 Å². The normalized spacial score (nSPS) is 11.8. The van der Waals surface area contributed by atoms with Gasteiger partial charge in [0.15, 0.2) is 0 Å². The zero-order valence-corrected chi connectivity index (χ0v) is 16.2. The van der Waals surface area contributed by atoms with Crippen molar-refractivity contribution in [2.24, 2.45) is 0 Å². The molecule has 2 N–H and O–H groups in total. The topological polar surface area (TPSA) is 41.1 Å². The molecule has 3 nitrogen and oxygen atoms in total. The number of rotatable bonds is 7. The maximum Gasteiger partial charge on any atom is 0.238 e. The molecular formula is C22H20Cl2N2O. The van der Waals surface area contributed by atoms with Crippen LogP contribution in [0.5, 0.6) is 0 Å². The van der Waals surface area contributed by atoms with Gasteiger partial charge >= 0.3 is 0 Å². The standard InChI is InChI=1S/C22H20Cl2N2O/c23-18-12-7-13-19(22(18)24)26-21(27)15-25-20(17-10-5-2-6-11-17)14-16-8-3-1-4-9-16/h1-13,20,25H,14-15H2,(H,26,27). The highest BCUT2D eigenvalue weighted by Crippen LogP contribution is 2.29. The number of nitrogens with one attached hydrogen (secondary N) is 2. The zero-order chi connectivity index (χ0) is 19.1. The third-order valence-electron chi connectivity index (χ3n) is 4.22. The van der Waals surface area contributed by atoms with Crippen molar-refractivity contribution in [1.29, 1.82) is 0 Å². The van der Waals surface area contributed by atoms with Crippen LogP contribution in [0.15, 0.2) is 78.9 Å². The van der Waals surface area contributed by atoms with Gasteiger partial charge in [0, 0.05) is 6.04 Å². The van der Waals surface area contributed by atoms with Gasteiger partial charge in [0.05, 0.1) is 22.3 Å². The molecule has 3 rings (SSSR count). The quantitative estimate of drug-likeness (QED) is 0.551. The molecule has 3 aromatic rings. The Bertz CT molecular complexity index is 885. The largest absolute Gasteiger partial charge is 0.324 e. The van der Waals surface area contributed by atoms with Crippen LogP contribution in [0.25, 0.3) is 0 Å². The summed E-state index contributed by atoms with van der Waals surface area (Å²) < 4.78 is 0. The SMILES string of the molecule is O=C(CNC(Cc1ccccc1)c1ccccc1)Nc1cccc(Cl)c1Cl. The summed E-state index contributed by atoms with van der Waals surface area (Å²) in [6, 6.07) is 25.5. The van der Waals surface area contributed by atoms with Crippen LogP contribution >= 0.6 is 23.2 Å². The smallest absolute Gasteiger partial charge is 0.238 e. The van der Waals surface area contributed by atoms with E-state index >= 15 is 0 Å². The zero-order valence-electron chi connectivity index (χ0n) is 14.7. The first-order valence-corrected chi connectivity index (χ1v) is 9.45. The van der Waals surface area contributed by atoms with Crippen molar-refractivity contribution in [2.45, 2.75) is 12.5 Å². The lowest BCUT2D eigenvalue weighted by Crippen LogP contribution is -2.32. The highest BCUT2D eigenvalue weighted by Gasteiger charge is 2.14. The third kappa shape index (κ3) is 5.57. The molecule has 3 aromatic carbocycles. The predicted molar refractivity (Wildman–Crippen MR) is 112 cm³/mol. The first-order chi connectivity index (χ1) is 13.1. The summed E-state index contributed by atoms with van der Waals surface area (Å²) >= 11 is 12.1. The second kappa shape index (κ2) is 9.56. The van der Waals surface area contributed by atoms with E-state index in [0.717, 1.165) is 12.0 Å². The van der Waals surface area contributed by atoms with Crippen LogP contribution in [0, 0.1) is 0 Å². The van der Waals surface area contributed by atoms with E-state index in [-0.39, 0.29) is 18.5 Å². The van der Waals surface area contributed by atoms with Crippen molar-refractivity contribution in [2.75, 3.05) is 11.9 Å². The van der Waals surface area contributed by atoms with Crippen molar-refractivity contribution in [3.8, 4) is 0 Å². The molecule has 0 spiro atoms. The molecule has 0 aliphatic heterocycles. The fraction of sp³-hybridized carbons (Fsp3) is 0.136. The second-order valence-electron chi connectivity index (χ2n) is 6.18. The van der Waals surface area contributed by atoms with Crippen LogP contribution in [0.2, 0.25) is 10.0 Å². The molecule has 0 fully saturated rings. The van der Waals surface area contributed by atoms with Gasteiger partial charge in [-0.15, -0.1) is 0 Å². The highest BCUT2D eigenvalue weighted by molar-refractivity contribution is 6.44. The average molecular weight is 399 g/mol. The first-order valence-electron chi connectivity index (χ1n) is 8.69. The molecule has 0 saturated heterocycles. The van der Waals surface area contributed by atoms with Crippen LogP contribution in [0.1, 0.15) is 17.2 Å². The highest BCUT2D eigenvalue weighted by atomic mass is 35.5. The molecule has 0 aromatic heterocycles. The lowest BCUT2D eigenvalue weighted by Gasteiger charge is -2.19. The van der Waals surface area contributed by atoms with E-state index in [1.54, 1.807) is 18.2 Å². The molecule has 0 radical (unpaired) electrons. The Morgan fingerprint density at radius 3 is 2.22 bits per heavy atom. The minimum Gasteiger partial charge on any atom is -0.324 e. The van der Waals surface area contributed by atoms with Gasteiger partial charge in [-0.2, -0.15) is 0 Å². The van der Waals surface area contributed by atoms with E-state index in [1.807, 2.05) is 36.4 Å². The molecule has 1 unspecified atom stereocenters. The van der Waals surface area contributed by atoms with E-state index in [0.29, 0.717) is 15.7 Å². The maximum absolute atomic E-state index is 12.4. The van der Waals surface area contributed by atoms with Gasteiger partial charge in [0.25, 0.3) is 0 Å². The van der Waals surface area contributed by atoms with Gasteiger partial charge < -0.3 is 10.6 Å². The molecule has 1 atom stereocenters. The predicted octanol–water partition coefficient (Wildman–Crippen LogP) is 5.51. The molecule has 27 heavy (non-hydrogen) atoms. The summed E-state index contributed by atoms with van der Waals surface area (Å²) in [7, 11) is 0. The van der Waals surface area contributed by atoms with E-state index in [9.17, 15) is 4.79 Å². The van der Waals surface area contributed by atoms with E-state index in [4.69, 9.17) is 23.2 Å². The van der Waals surface area contributed by atoms with Crippen LogP contribution < -0.4 is 10.6 Å². The Hall–Kier alpha value is -2.33. The minimum absolute atomic E-state index is 0.0224. The molecular weight excluding hydrogens is 379 g/mol. The number of hydrogen-bond acceptors (Lipinski definition) is 2. The molecule has 0 saturated carbocycles. The number of hydrogen-bond donors (Lipinski definition) is 2. The molecule has 0 aliphatic carbocycles. The lowest BCUT2D eigenvalue weighted by atomic mass is 9.99. The van der Waals surface area contributed by atoms with Gasteiger partial charge in [0.2, 0.25) is 5.91 Å². The first kappa shape index (κ1) is 19.4. The fourth-order valence-electron chi connectivity index (χ4n) is 2.85. The molecule has 138 valence electrons. The molecule has 0 heterocycles. The summed E-state index contributed by atoms with van der Waals surface area (Å²) in [6.45, 7) is 0.162. The number of carbonyl (C=O) groups excluding carboxylic acids is 1. The average Bonchev–Trinajstić information content (AvgIpc) is 2.70. The van der Waals surface area contributed by atoms with Gasteiger partial charge in [-0.25, -0.2) is 0 Å². The summed E-state index contributed by atoms with van der Waals surface area (Å²) in [6.07, 6.45) is 0.788. The Morgan fingerprint density at radius 2 is 1.52 bits per heavy atom. The number of amides is 1. The van der Waals surface area contributed by atoms with E-state index in [2.05, 4.69) is 34.9 Å². The molecule has 0 aliphatic rings. The van der Waals surface area contributed by atoms with Gasteiger partial charge in [-0.05, 0) is 29.7 Å². The molecule has 0 bridgehead atoms. The van der Waals surface area contributed by atoms with Crippen LogP contribution in [0.3, 0.4) is 0 Å². The van der Waals surface area contributed by atoms with Crippen molar-refractivity contribution in [3.63, 3.8) is 0 Å². The molecule has 5 heteroatoms. The second-order valence-corrected chi connectivity index (χ2v) is 6.97. The van der Waals surface area contributed by atoms with Crippen LogP contribution in [-0.4, -0.2) is 12.5 Å². The Morgan fingerprint density at radius 1 is 0.852 bits per heavy atom. The van der Waals surface area contributed by atoms with Gasteiger partial charge in [-0.3, -0.25) is 4.79 Å². The summed E-state index contributed by atoms with van der Waals surface area (Å²) in [5, 5.41) is 6.91. The van der Waals surface area contributed by atoms with Crippen LogP contribution in [0.4, 0.5) is 5.69 Å². The van der Waals surface area contributed by atoms with Crippen molar-refractivity contribution in [1.82, 2.24) is 5.32 Å². The lowest BCUT2D eigenvalue weighted by molar-refractivity contribution is -0.115. The van der Waals surface area contributed by atoms with Crippen molar-refractivity contribution < 1.29 is 4.79 Å². The Balaban J connectivity index is 1.67. The van der Waals surface area contributed by atoms with E-state index < -0.39 is 0 Å². The van der Waals surface area contributed by atoms with E-state index in [1.165, 1.54) is 5.56 Å². The number of anilines is 1. The number of carbonyl (C=O) groups is 1. The third-order valence-corrected chi connectivity index (χ3v) is 5.04. The minimum atomic E-state index is -0.173. The van der Waals surface area contributed by atoms with Gasteiger partial charge in [-0.1, -0.05) is 89.9 Å². The van der Waals surface area contributed by atoms with Gasteiger partial charge in [0.1, 0.15) is 0 Å². The summed E-state index contributed by atoms with van der Waals surface area (Å²) in [5.41, 5.74) is 2.85. The summed E-state index contributed by atoms with van der Waals surface area (Å²) in [4.78, 5) is 12.4. The number of halogens is 2. The Kier molecular flexibility index (Phi) is 6.88. The monoisotopic (exact) mass is 398 g/mol. The summed E-state index contributed by atoms with van der Waals surface area (Å²) in [5.74, 6) is -0.173.